The van der Waals surface area contributed by atoms with Crippen molar-refractivity contribution in [3.8, 4) is 17.2 Å². The lowest BCUT2D eigenvalue weighted by Crippen LogP contribution is -2.20. The summed E-state index contributed by atoms with van der Waals surface area (Å²) in [6.07, 6.45) is 2.73. The molecular weight excluding hydrogens is 459 g/mol. The summed E-state index contributed by atoms with van der Waals surface area (Å²) in [5.41, 5.74) is 3.03. The van der Waals surface area contributed by atoms with E-state index >= 15 is 0 Å². The average Bonchev–Trinajstić information content (AvgIpc) is 3.24. The van der Waals surface area contributed by atoms with Crippen LogP contribution in [0.5, 0.6) is 17.2 Å². The lowest BCUT2D eigenvalue weighted by Gasteiger charge is -2.19. The molecule has 7 heteroatoms. The second kappa shape index (κ2) is 11.5. The van der Waals surface area contributed by atoms with Crippen LogP contribution in [-0.2, 0) is 11.3 Å². The number of hydrogen-bond acceptors (Lipinski definition) is 5. The van der Waals surface area contributed by atoms with Crippen LogP contribution in [0.1, 0.15) is 48.9 Å². The SMILES string of the molecule is CC(C)c1ccccc1Oc1ccc(C2CCN(Cc3ncccc3Cl)C2)c(OC=O)c1.Cl. The number of nitrogens with zero attached hydrogens (tertiary/aromatic N) is 2. The Hall–Kier alpha value is -2.60. The number of carbonyl (C=O) groups is 1. The largest absolute Gasteiger partial charge is 0.457 e. The van der Waals surface area contributed by atoms with E-state index in [0.717, 1.165) is 42.1 Å². The zero-order valence-corrected chi connectivity index (χ0v) is 20.3. The molecule has 4 rings (SSSR count). The molecule has 3 aromatic rings. The van der Waals surface area contributed by atoms with Gasteiger partial charge in [0.15, 0.2) is 0 Å². The van der Waals surface area contributed by atoms with Crippen molar-refractivity contribution in [1.29, 1.82) is 0 Å². The van der Waals surface area contributed by atoms with Crippen LogP contribution in [0.15, 0.2) is 60.8 Å². The molecule has 0 saturated carbocycles. The molecule has 1 aliphatic rings. The molecule has 2 heterocycles. The van der Waals surface area contributed by atoms with Crippen molar-refractivity contribution < 1.29 is 14.3 Å². The summed E-state index contributed by atoms with van der Waals surface area (Å²) in [7, 11) is 0. The Bertz CT molecular complexity index is 1090. The predicted octanol–water partition coefficient (Wildman–Crippen LogP) is 6.60. The van der Waals surface area contributed by atoms with Gasteiger partial charge in [0, 0.05) is 31.3 Å². The van der Waals surface area contributed by atoms with Gasteiger partial charge in [0.2, 0.25) is 0 Å². The van der Waals surface area contributed by atoms with Crippen molar-refractivity contribution in [2.45, 2.75) is 38.6 Å². The highest BCUT2D eigenvalue weighted by molar-refractivity contribution is 6.31. The fourth-order valence-corrected chi connectivity index (χ4v) is 4.40. The summed E-state index contributed by atoms with van der Waals surface area (Å²) in [5.74, 6) is 2.60. The van der Waals surface area contributed by atoms with Gasteiger partial charge in [-0.1, -0.05) is 49.7 Å². The smallest absolute Gasteiger partial charge is 0.298 e. The van der Waals surface area contributed by atoms with Crippen molar-refractivity contribution in [2.75, 3.05) is 13.1 Å². The van der Waals surface area contributed by atoms with Gasteiger partial charge >= 0.3 is 0 Å². The van der Waals surface area contributed by atoms with Gasteiger partial charge in [0.05, 0.1) is 10.7 Å². The normalized spacial score (nSPS) is 15.8. The van der Waals surface area contributed by atoms with Crippen molar-refractivity contribution in [3.05, 3.63) is 82.6 Å². The number of halogens is 2. The number of para-hydroxylation sites is 1. The maximum absolute atomic E-state index is 11.2. The molecule has 1 aromatic heterocycles. The average molecular weight is 487 g/mol. The summed E-state index contributed by atoms with van der Waals surface area (Å²) >= 11 is 6.28. The standard InChI is InChI=1S/C26H27ClN2O3.ClH/c1-18(2)21-6-3-4-8-25(21)32-20-9-10-22(26(14-20)31-17-30)19-11-13-29(15-19)16-24-23(27)7-5-12-28-24;/h3-10,12,14,17-19H,11,13,15-16H2,1-2H3;1H. The van der Waals surface area contributed by atoms with Crippen LogP contribution in [0.3, 0.4) is 0 Å². The van der Waals surface area contributed by atoms with Crippen LogP contribution < -0.4 is 9.47 Å². The highest BCUT2D eigenvalue weighted by Crippen LogP contribution is 2.38. The van der Waals surface area contributed by atoms with Gasteiger partial charge in [-0.3, -0.25) is 14.7 Å². The first-order chi connectivity index (χ1) is 15.5. The van der Waals surface area contributed by atoms with Crippen LogP contribution in [0, 0.1) is 0 Å². The van der Waals surface area contributed by atoms with Crippen LogP contribution in [0.25, 0.3) is 0 Å². The molecule has 0 spiro atoms. The van der Waals surface area contributed by atoms with Crippen molar-refractivity contribution in [3.63, 3.8) is 0 Å². The molecule has 0 amide bonds. The minimum absolute atomic E-state index is 0. The number of rotatable bonds is 8. The van der Waals surface area contributed by atoms with Crippen LogP contribution in [0.4, 0.5) is 0 Å². The Kier molecular flexibility index (Phi) is 8.73. The number of ether oxygens (including phenoxy) is 2. The molecular formula is C26H28Cl2N2O3. The summed E-state index contributed by atoms with van der Waals surface area (Å²) < 4.78 is 11.5. The van der Waals surface area contributed by atoms with E-state index in [1.54, 1.807) is 12.3 Å². The zero-order valence-electron chi connectivity index (χ0n) is 18.7. The van der Waals surface area contributed by atoms with Gasteiger partial charge in [-0.2, -0.15) is 0 Å². The molecule has 174 valence electrons. The van der Waals surface area contributed by atoms with Crippen molar-refractivity contribution in [2.24, 2.45) is 0 Å². The van der Waals surface area contributed by atoms with E-state index in [1.807, 2.05) is 42.5 Å². The first kappa shape index (κ1) is 25.0. The van der Waals surface area contributed by atoms with Crippen molar-refractivity contribution >= 4 is 30.5 Å². The highest BCUT2D eigenvalue weighted by Gasteiger charge is 2.27. The highest BCUT2D eigenvalue weighted by atomic mass is 35.5. The number of benzene rings is 2. The first-order valence-electron chi connectivity index (χ1n) is 10.9. The molecule has 2 aromatic carbocycles. The number of pyridine rings is 1. The summed E-state index contributed by atoms with van der Waals surface area (Å²) in [6.45, 7) is 7.22. The number of likely N-dealkylation sites (tertiary alicyclic amines) is 1. The Morgan fingerprint density at radius 2 is 1.97 bits per heavy atom. The Morgan fingerprint density at radius 3 is 2.73 bits per heavy atom. The van der Waals surface area contributed by atoms with Gasteiger partial charge in [0.25, 0.3) is 6.47 Å². The van der Waals surface area contributed by atoms with Crippen LogP contribution >= 0.6 is 24.0 Å². The van der Waals surface area contributed by atoms with E-state index in [0.29, 0.717) is 35.5 Å². The number of hydrogen-bond donors (Lipinski definition) is 0. The van der Waals surface area contributed by atoms with E-state index in [2.05, 4.69) is 29.8 Å². The van der Waals surface area contributed by atoms with Gasteiger partial charge in [0.1, 0.15) is 17.2 Å². The maximum Gasteiger partial charge on any atom is 0.298 e. The van der Waals surface area contributed by atoms with E-state index in [1.165, 1.54) is 0 Å². The molecule has 0 bridgehead atoms. The monoisotopic (exact) mass is 486 g/mol. The van der Waals surface area contributed by atoms with E-state index in [9.17, 15) is 4.79 Å². The lowest BCUT2D eigenvalue weighted by molar-refractivity contribution is -0.120. The molecule has 33 heavy (non-hydrogen) atoms. The molecule has 1 unspecified atom stereocenters. The third-order valence-electron chi connectivity index (χ3n) is 5.85. The molecule has 1 aliphatic heterocycles. The second-order valence-corrected chi connectivity index (χ2v) is 8.77. The van der Waals surface area contributed by atoms with Crippen LogP contribution in [-0.4, -0.2) is 29.4 Å². The third-order valence-corrected chi connectivity index (χ3v) is 6.19. The van der Waals surface area contributed by atoms with E-state index in [-0.39, 0.29) is 18.3 Å². The lowest BCUT2D eigenvalue weighted by atomic mass is 9.97. The summed E-state index contributed by atoms with van der Waals surface area (Å²) in [6, 6.07) is 17.5. The zero-order chi connectivity index (χ0) is 22.5. The maximum atomic E-state index is 11.2. The van der Waals surface area contributed by atoms with Gasteiger partial charge in [-0.05, 0) is 54.3 Å². The third kappa shape index (κ3) is 6.05. The Morgan fingerprint density at radius 1 is 1.15 bits per heavy atom. The first-order valence-corrected chi connectivity index (χ1v) is 11.3. The Labute approximate surface area is 206 Å². The second-order valence-electron chi connectivity index (χ2n) is 8.36. The molecule has 0 N–H and O–H groups in total. The molecule has 1 saturated heterocycles. The summed E-state index contributed by atoms with van der Waals surface area (Å²) in [5, 5.41) is 0.684. The molecule has 0 radical (unpaired) electrons. The minimum atomic E-state index is 0. The fourth-order valence-electron chi connectivity index (χ4n) is 4.22. The fraction of sp³-hybridized carbons (Fsp3) is 0.308. The number of aromatic nitrogens is 1. The number of carbonyl (C=O) groups excluding carboxylic acids is 1. The predicted molar refractivity (Wildman–Crippen MR) is 133 cm³/mol. The molecule has 5 nitrogen and oxygen atoms in total. The quantitative estimate of drug-likeness (QED) is 0.335. The van der Waals surface area contributed by atoms with Crippen LogP contribution in [0.2, 0.25) is 5.02 Å². The van der Waals surface area contributed by atoms with Gasteiger partial charge in [-0.25, -0.2) is 0 Å². The van der Waals surface area contributed by atoms with Gasteiger partial charge < -0.3 is 9.47 Å². The van der Waals surface area contributed by atoms with E-state index in [4.69, 9.17) is 21.1 Å². The Balaban J connectivity index is 0.00000306. The molecule has 0 aliphatic carbocycles. The van der Waals surface area contributed by atoms with E-state index < -0.39 is 0 Å². The minimum Gasteiger partial charge on any atom is -0.457 e. The molecule has 1 atom stereocenters. The molecule has 1 fully saturated rings. The topological polar surface area (TPSA) is 51.7 Å². The van der Waals surface area contributed by atoms with Crippen molar-refractivity contribution in [1.82, 2.24) is 9.88 Å². The summed E-state index contributed by atoms with van der Waals surface area (Å²) in [4.78, 5) is 17.9. The van der Waals surface area contributed by atoms with Gasteiger partial charge in [-0.15, -0.1) is 12.4 Å².